The minimum absolute atomic E-state index is 1.21. The van der Waals surface area contributed by atoms with Crippen LogP contribution in [0.25, 0.3) is 120 Å². The molecule has 0 bridgehead atoms. The number of hydrogen-bond acceptors (Lipinski definition) is 0. The van der Waals surface area contributed by atoms with E-state index in [0.29, 0.717) is 0 Å². The van der Waals surface area contributed by atoms with Crippen LogP contribution in [0.2, 0.25) is 0 Å². The second-order valence-electron chi connectivity index (χ2n) is 14.8. The van der Waals surface area contributed by atoms with Crippen LogP contribution >= 0.6 is 0 Å². The van der Waals surface area contributed by atoms with Crippen LogP contribution in [-0.2, 0) is 0 Å². The maximum Gasteiger partial charge on any atom is -0.00206 e. The summed E-state index contributed by atoms with van der Waals surface area (Å²) < 4.78 is 0. The molecule has 0 aliphatic carbocycles. The van der Waals surface area contributed by atoms with Gasteiger partial charge in [0.25, 0.3) is 0 Å². The van der Waals surface area contributed by atoms with Crippen molar-refractivity contribution in [2.45, 2.75) is 0 Å². The summed E-state index contributed by atoms with van der Waals surface area (Å²) >= 11 is 0. The predicted octanol–water partition coefficient (Wildman–Crippen LogP) is 15.3. The summed E-state index contributed by atoms with van der Waals surface area (Å²) in [6.45, 7) is 0. The molecule has 0 spiro atoms. The van der Waals surface area contributed by atoms with E-state index in [1.54, 1.807) is 0 Å². The number of benzene rings is 12. The first-order valence-electron chi connectivity index (χ1n) is 18.8. The molecule has 0 unspecified atom stereocenters. The van der Waals surface area contributed by atoms with Gasteiger partial charge in [0.05, 0.1) is 0 Å². The van der Waals surface area contributed by atoms with Crippen LogP contribution in [0.3, 0.4) is 0 Å². The van der Waals surface area contributed by atoms with Crippen molar-refractivity contribution in [2.75, 3.05) is 0 Å². The third kappa shape index (κ3) is 4.32. The van der Waals surface area contributed by atoms with E-state index < -0.39 is 0 Å². The van der Waals surface area contributed by atoms with Gasteiger partial charge in [0.15, 0.2) is 0 Å². The van der Waals surface area contributed by atoms with Crippen molar-refractivity contribution in [1.82, 2.24) is 0 Å². The van der Waals surface area contributed by atoms with E-state index >= 15 is 0 Å². The SMILES string of the molecule is c1cc(-c2cc(-c3cccc4ccccc34)cc(-c3ccc4ccc5cccc6ccc3c4c56)c2)cc(-c2ccc3ccc4cccc5ccc2c3c45)c1. The Bertz CT molecular complexity index is 3400. The predicted molar refractivity (Wildman–Crippen MR) is 233 cm³/mol. The van der Waals surface area contributed by atoms with Crippen molar-refractivity contribution >= 4 is 75.4 Å². The van der Waals surface area contributed by atoms with Crippen LogP contribution < -0.4 is 0 Å². The minimum atomic E-state index is 1.21. The van der Waals surface area contributed by atoms with E-state index in [1.165, 1.54) is 120 Å². The zero-order chi connectivity index (χ0) is 35.3. The molecule has 12 aromatic carbocycles. The summed E-state index contributed by atoms with van der Waals surface area (Å²) in [6, 6.07) is 72.6. The van der Waals surface area contributed by atoms with Gasteiger partial charge in [-0.25, -0.2) is 0 Å². The molecule has 12 aromatic rings. The molecular formula is C54H32. The Morgan fingerprint density at radius 3 is 1.20 bits per heavy atom. The highest BCUT2D eigenvalue weighted by Gasteiger charge is 2.17. The molecule has 0 atom stereocenters. The van der Waals surface area contributed by atoms with Crippen molar-refractivity contribution in [1.29, 1.82) is 0 Å². The van der Waals surface area contributed by atoms with Gasteiger partial charge in [-0.3, -0.25) is 0 Å². The van der Waals surface area contributed by atoms with Crippen molar-refractivity contribution in [3.05, 3.63) is 194 Å². The molecule has 0 fully saturated rings. The fraction of sp³-hybridized carbons (Fsp3) is 0. The molecule has 12 rings (SSSR count). The van der Waals surface area contributed by atoms with Crippen molar-refractivity contribution < 1.29 is 0 Å². The normalized spacial score (nSPS) is 12.1. The lowest BCUT2D eigenvalue weighted by atomic mass is 9.86. The second kappa shape index (κ2) is 11.2. The first-order valence-corrected chi connectivity index (χ1v) is 18.8. The van der Waals surface area contributed by atoms with Gasteiger partial charge in [-0.1, -0.05) is 170 Å². The number of hydrogen-bond donors (Lipinski definition) is 0. The Labute approximate surface area is 312 Å². The molecule has 54 heavy (non-hydrogen) atoms. The third-order valence-corrected chi connectivity index (χ3v) is 11.9. The fourth-order valence-electron chi connectivity index (χ4n) is 9.42. The van der Waals surface area contributed by atoms with Crippen LogP contribution in [0, 0.1) is 0 Å². The molecule has 0 nitrogen and oxygen atoms in total. The van der Waals surface area contributed by atoms with E-state index in [2.05, 4.69) is 194 Å². The van der Waals surface area contributed by atoms with Crippen LogP contribution in [0.5, 0.6) is 0 Å². The summed E-state index contributed by atoms with van der Waals surface area (Å²) in [5, 5.41) is 18.2. The molecule has 0 N–H and O–H groups in total. The molecule has 0 heterocycles. The van der Waals surface area contributed by atoms with E-state index in [-0.39, 0.29) is 0 Å². The lowest BCUT2D eigenvalue weighted by Crippen LogP contribution is -1.91. The van der Waals surface area contributed by atoms with Crippen LogP contribution in [0.15, 0.2) is 194 Å². The van der Waals surface area contributed by atoms with Crippen LogP contribution in [0.4, 0.5) is 0 Å². The Morgan fingerprint density at radius 2 is 0.574 bits per heavy atom. The smallest absolute Gasteiger partial charge is 0.00206 e. The maximum absolute atomic E-state index is 2.41. The average molecular weight is 681 g/mol. The first kappa shape index (κ1) is 29.5. The topological polar surface area (TPSA) is 0 Å². The van der Waals surface area contributed by atoms with Crippen molar-refractivity contribution in [3.63, 3.8) is 0 Å². The Kier molecular flexibility index (Phi) is 6.15. The second-order valence-corrected chi connectivity index (χ2v) is 14.8. The molecule has 0 aromatic heterocycles. The van der Waals surface area contributed by atoms with Crippen molar-refractivity contribution in [2.24, 2.45) is 0 Å². The molecular weight excluding hydrogens is 649 g/mol. The zero-order valence-electron chi connectivity index (χ0n) is 29.5. The average Bonchev–Trinajstić information content (AvgIpc) is 3.24. The summed E-state index contributed by atoms with van der Waals surface area (Å²) in [4.78, 5) is 0. The van der Waals surface area contributed by atoms with E-state index in [0.717, 1.165) is 0 Å². The van der Waals surface area contributed by atoms with Gasteiger partial charge in [-0.2, -0.15) is 0 Å². The van der Waals surface area contributed by atoms with Crippen LogP contribution in [-0.4, -0.2) is 0 Å². The summed E-state index contributed by atoms with van der Waals surface area (Å²) in [7, 11) is 0. The number of fused-ring (bicyclic) bond motifs is 1. The summed E-state index contributed by atoms with van der Waals surface area (Å²) in [5.74, 6) is 0. The van der Waals surface area contributed by atoms with Gasteiger partial charge in [0.2, 0.25) is 0 Å². The summed E-state index contributed by atoms with van der Waals surface area (Å²) in [6.07, 6.45) is 0. The molecule has 0 aliphatic heterocycles. The van der Waals surface area contributed by atoms with Crippen molar-refractivity contribution in [3.8, 4) is 44.5 Å². The molecule has 0 saturated heterocycles. The maximum atomic E-state index is 2.41. The lowest BCUT2D eigenvalue weighted by molar-refractivity contribution is 1.58. The van der Waals surface area contributed by atoms with Gasteiger partial charge < -0.3 is 0 Å². The Balaban J connectivity index is 1.10. The third-order valence-electron chi connectivity index (χ3n) is 11.9. The molecule has 0 heteroatoms. The van der Waals surface area contributed by atoms with Gasteiger partial charge in [0, 0.05) is 0 Å². The molecule has 0 radical (unpaired) electrons. The highest BCUT2D eigenvalue weighted by Crippen LogP contribution is 2.44. The van der Waals surface area contributed by atoms with E-state index in [4.69, 9.17) is 0 Å². The Morgan fingerprint density at radius 1 is 0.185 bits per heavy atom. The van der Waals surface area contributed by atoms with Gasteiger partial charge >= 0.3 is 0 Å². The quantitative estimate of drug-likeness (QED) is 0.162. The molecule has 0 saturated carbocycles. The van der Waals surface area contributed by atoms with Gasteiger partial charge in [-0.15, -0.1) is 0 Å². The Hall–Kier alpha value is -7.02. The number of rotatable bonds is 4. The molecule has 0 aliphatic rings. The van der Waals surface area contributed by atoms with E-state index in [1.807, 2.05) is 0 Å². The largest absolute Gasteiger partial charge is 0.0616 e. The van der Waals surface area contributed by atoms with E-state index in [9.17, 15) is 0 Å². The van der Waals surface area contributed by atoms with Crippen LogP contribution in [0.1, 0.15) is 0 Å². The zero-order valence-corrected chi connectivity index (χ0v) is 29.5. The first-order chi connectivity index (χ1) is 26.7. The summed E-state index contributed by atoms with van der Waals surface area (Å²) in [5.41, 5.74) is 9.86. The fourth-order valence-corrected chi connectivity index (χ4v) is 9.42. The highest BCUT2D eigenvalue weighted by molar-refractivity contribution is 6.27. The lowest BCUT2D eigenvalue weighted by Gasteiger charge is -2.17. The monoisotopic (exact) mass is 680 g/mol. The standard InChI is InChI=1S/C54H32/c1-2-15-45-33(7-1)8-6-16-46(45)43-30-42(31-44(32-43)48-26-22-39-20-18-35-10-4-12-37-24-28-50(48)54(39)52(35)37)40-13-5-14-41(29-40)47-25-21-38-19-17-34-9-3-11-36-23-27-49(47)53(38)51(34)36/h1-32H. The molecule has 248 valence electrons. The molecule has 0 amide bonds. The minimum Gasteiger partial charge on any atom is -0.0616 e. The van der Waals surface area contributed by atoms with Gasteiger partial charge in [0.1, 0.15) is 0 Å². The highest BCUT2D eigenvalue weighted by atomic mass is 14.2. The van der Waals surface area contributed by atoms with Gasteiger partial charge in [-0.05, 0) is 144 Å².